The van der Waals surface area contributed by atoms with E-state index in [0.29, 0.717) is 13.0 Å². The lowest BCUT2D eigenvalue weighted by atomic mass is 10.1. The van der Waals surface area contributed by atoms with Crippen LogP contribution in [0.25, 0.3) is 0 Å². The molecule has 1 atom stereocenters. The molecule has 1 saturated heterocycles. The Bertz CT molecular complexity index is 661. The van der Waals surface area contributed by atoms with Crippen LogP contribution in [0.15, 0.2) is 42.6 Å². The van der Waals surface area contributed by atoms with Crippen LogP contribution in [0.4, 0.5) is 10.6 Å². The molecule has 1 aliphatic rings. The van der Waals surface area contributed by atoms with Gasteiger partial charge in [0.1, 0.15) is 11.6 Å². The van der Waals surface area contributed by atoms with Crippen molar-refractivity contribution in [2.45, 2.75) is 25.3 Å². The van der Waals surface area contributed by atoms with Gasteiger partial charge in [0.05, 0.1) is 0 Å². The summed E-state index contributed by atoms with van der Waals surface area (Å²) in [6.45, 7) is 1.35. The number of carbonyl (C=O) groups excluding carboxylic acids is 1. The van der Waals surface area contributed by atoms with Gasteiger partial charge >= 0.3 is 6.03 Å². The number of amides is 2. The molecule has 120 valence electrons. The molecule has 0 bridgehead atoms. The van der Waals surface area contributed by atoms with Crippen LogP contribution in [0, 0.1) is 0 Å². The largest absolute Gasteiger partial charge is 0.365 e. The number of nitrogens with zero attached hydrogens (tertiary/aromatic N) is 3. The molecule has 1 fully saturated rings. The molecule has 1 aromatic heterocycles. The number of rotatable bonds is 4. The molecule has 0 aliphatic carbocycles. The van der Waals surface area contributed by atoms with Crippen LogP contribution in [0.2, 0.25) is 0 Å². The zero-order valence-corrected chi connectivity index (χ0v) is 13.0. The van der Waals surface area contributed by atoms with Crippen LogP contribution in [-0.4, -0.2) is 40.0 Å². The summed E-state index contributed by atoms with van der Waals surface area (Å²) in [6.07, 6.45) is 4.42. The molecule has 2 aromatic rings. The van der Waals surface area contributed by atoms with Crippen molar-refractivity contribution in [2.75, 3.05) is 18.4 Å². The fourth-order valence-electron chi connectivity index (χ4n) is 2.85. The van der Waals surface area contributed by atoms with Gasteiger partial charge in [0, 0.05) is 31.7 Å². The van der Waals surface area contributed by atoms with E-state index in [1.165, 1.54) is 5.56 Å². The van der Waals surface area contributed by atoms with Crippen LogP contribution < -0.4 is 11.1 Å². The van der Waals surface area contributed by atoms with Crippen molar-refractivity contribution >= 4 is 11.8 Å². The molecule has 1 aromatic carbocycles. The highest BCUT2D eigenvalue weighted by Crippen LogP contribution is 2.15. The molecule has 0 radical (unpaired) electrons. The van der Waals surface area contributed by atoms with Crippen molar-refractivity contribution in [3.63, 3.8) is 0 Å². The van der Waals surface area contributed by atoms with Crippen LogP contribution in [0.1, 0.15) is 24.2 Å². The van der Waals surface area contributed by atoms with Gasteiger partial charge in [-0.15, -0.1) is 0 Å². The average molecular weight is 311 g/mol. The van der Waals surface area contributed by atoms with Crippen molar-refractivity contribution < 1.29 is 4.79 Å². The maximum absolute atomic E-state index is 11.3. The van der Waals surface area contributed by atoms with Gasteiger partial charge in [-0.3, -0.25) is 0 Å². The summed E-state index contributed by atoms with van der Waals surface area (Å²) < 4.78 is 0. The Morgan fingerprint density at radius 2 is 2.13 bits per heavy atom. The maximum Gasteiger partial charge on any atom is 0.314 e. The highest BCUT2D eigenvalue weighted by Gasteiger charge is 2.22. The second kappa shape index (κ2) is 7.09. The van der Waals surface area contributed by atoms with E-state index in [1.54, 1.807) is 11.1 Å². The van der Waals surface area contributed by atoms with E-state index >= 15 is 0 Å². The summed E-state index contributed by atoms with van der Waals surface area (Å²) >= 11 is 0. The van der Waals surface area contributed by atoms with Gasteiger partial charge in [-0.25, -0.2) is 14.8 Å². The van der Waals surface area contributed by atoms with Gasteiger partial charge in [0.15, 0.2) is 0 Å². The molecule has 1 unspecified atom stereocenters. The van der Waals surface area contributed by atoms with Crippen LogP contribution in [-0.2, 0) is 6.42 Å². The molecule has 0 spiro atoms. The molecule has 6 nitrogen and oxygen atoms in total. The van der Waals surface area contributed by atoms with E-state index in [0.717, 1.165) is 31.0 Å². The van der Waals surface area contributed by atoms with Gasteiger partial charge in [-0.1, -0.05) is 30.3 Å². The lowest BCUT2D eigenvalue weighted by Gasteiger charge is -2.32. The molecule has 0 saturated carbocycles. The van der Waals surface area contributed by atoms with Crippen LogP contribution >= 0.6 is 0 Å². The van der Waals surface area contributed by atoms with Crippen molar-refractivity contribution in [2.24, 2.45) is 5.73 Å². The number of carbonyl (C=O) groups is 1. The van der Waals surface area contributed by atoms with E-state index in [1.807, 2.05) is 24.3 Å². The number of anilines is 1. The van der Waals surface area contributed by atoms with Crippen molar-refractivity contribution in [1.82, 2.24) is 14.9 Å². The smallest absolute Gasteiger partial charge is 0.314 e. The van der Waals surface area contributed by atoms with E-state index in [9.17, 15) is 4.79 Å². The molecular formula is C17H21N5O. The second-order valence-electron chi connectivity index (χ2n) is 5.79. The number of primary amides is 1. The zero-order chi connectivity index (χ0) is 16.1. The monoisotopic (exact) mass is 311 g/mol. The van der Waals surface area contributed by atoms with Gasteiger partial charge in [-0.2, -0.15) is 0 Å². The number of hydrogen-bond acceptors (Lipinski definition) is 4. The SMILES string of the molecule is NC(=O)N1CCCC(Nc2ccnc(Cc3ccccc3)n2)C1. The number of aromatic nitrogens is 2. The van der Waals surface area contributed by atoms with Crippen molar-refractivity contribution in [1.29, 1.82) is 0 Å². The van der Waals surface area contributed by atoms with E-state index in [2.05, 4.69) is 27.4 Å². The highest BCUT2D eigenvalue weighted by atomic mass is 16.2. The standard InChI is InChI=1S/C17H21N5O/c18-17(23)22-10-4-7-14(12-22)20-15-8-9-19-16(21-15)11-13-5-2-1-3-6-13/h1-3,5-6,8-9,14H,4,7,10-12H2,(H2,18,23)(H,19,20,21). The topological polar surface area (TPSA) is 84.1 Å². The normalized spacial score (nSPS) is 17.7. The van der Waals surface area contributed by atoms with E-state index in [4.69, 9.17) is 5.73 Å². The quantitative estimate of drug-likeness (QED) is 0.905. The summed E-state index contributed by atoms with van der Waals surface area (Å²) in [4.78, 5) is 21.9. The Morgan fingerprint density at radius 1 is 1.30 bits per heavy atom. The first-order chi connectivity index (χ1) is 11.2. The Labute approximate surface area is 135 Å². The van der Waals surface area contributed by atoms with Gasteiger partial charge in [0.2, 0.25) is 0 Å². The number of urea groups is 1. The molecule has 1 aliphatic heterocycles. The summed E-state index contributed by atoms with van der Waals surface area (Å²) in [5.41, 5.74) is 6.55. The Hall–Kier alpha value is -2.63. The first-order valence-electron chi connectivity index (χ1n) is 7.87. The minimum atomic E-state index is -0.357. The number of piperidine rings is 1. The summed E-state index contributed by atoms with van der Waals surface area (Å²) in [5, 5.41) is 3.39. The zero-order valence-electron chi connectivity index (χ0n) is 13.0. The lowest BCUT2D eigenvalue weighted by Crippen LogP contribution is -2.47. The molecular weight excluding hydrogens is 290 g/mol. The summed E-state index contributed by atoms with van der Waals surface area (Å²) in [7, 11) is 0. The average Bonchev–Trinajstić information content (AvgIpc) is 2.56. The molecule has 3 N–H and O–H groups in total. The van der Waals surface area contributed by atoms with Gasteiger partial charge < -0.3 is 16.0 Å². The third-order valence-electron chi connectivity index (χ3n) is 4.00. The minimum Gasteiger partial charge on any atom is -0.365 e. The first-order valence-corrected chi connectivity index (χ1v) is 7.87. The van der Waals surface area contributed by atoms with E-state index < -0.39 is 0 Å². The molecule has 2 amide bonds. The predicted octanol–water partition coefficient (Wildman–Crippen LogP) is 2.02. The lowest BCUT2D eigenvalue weighted by molar-refractivity contribution is 0.192. The number of likely N-dealkylation sites (tertiary alicyclic amines) is 1. The van der Waals surface area contributed by atoms with E-state index in [-0.39, 0.29) is 12.1 Å². The first kappa shape index (κ1) is 15.3. The molecule has 6 heteroatoms. The second-order valence-corrected chi connectivity index (χ2v) is 5.79. The number of nitrogens with one attached hydrogen (secondary N) is 1. The Kier molecular flexibility index (Phi) is 4.71. The number of nitrogens with two attached hydrogens (primary N) is 1. The molecule has 2 heterocycles. The van der Waals surface area contributed by atoms with Gasteiger partial charge in [-0.05, 0) is 24.5 Å². The Balaban J connectivity index is 1.64. The Morgan fingerprint density at radius 3 is 2.91 bits per heavy atom. The maximum atomic E-state index is 11.3. The van der Waals surface area contributed by atoms with Crippen LogP contribution in [0.3, 0.4) is 0 Å². The third-order valence-corrected chi connectivity index (χ3v) is 4.00. The highest BCUT2D eigenvalue weighted by molar-refractivity contribution is 5.72. The summed E-state index contributed by atoms with van der Waals surface area (Å²) in [5.74, 6) is 1.58. The van der Waals surface area contributed by atoms with Crippen molar-refractivity contribution in [3.8, 4) is 0 Å². The fraction of sp³-hybridized carbons (Fsp3) is 0.353. The molecule has 23 heavy (non-hydrogen) atoms. The number of benzene rings is 1. The third kappa shape index (κ3) is 4.18. The number of hydrogen-bond donors (Lipinski definition) is 2. The fourth-order valence-corrected chi connectivity index (χ4v) is 2.85. The minimum absolute atomic E-state index is 0.177. The van der Waals surface area contributed by atoms with Crippen LogP contribution in [0.5, 0.6) is 0 Å². The predicted molar refractivity (Wildman–Crippen MR) is 89.1 cm³/mol. The summed E-state index contributed by atoms with van der Waals surface area (Å²) in [6, 6.07) is 11.8. The molecule has 3 rings (SSSR count). The van der Waals surface area contributed by atoms with Gasteiger partial charge in [0.25, 0.3) is 0 Å². The van der Waals surface area contributed by atoms with Crippen molar-refractivity contribution in [3.05, 3.63) is 54.0 Å².